The average Bonchev–Trinajstić information content (AvgIpc) is 3.24. The highest BCUT2D eigenvalue weighted by molar-refractivity contribution is 5.91. The van der Waals surface area contributed by atoms with Gasteiger partial charge in [0, 0.05) is 31.5 Å². The van der Waals surface area contributed by atoms with E-state index in [1.165, 1.54) is 37.7 Å². The number of nitrogens with zero attached hydrogens (tertiary/aromatic N) is 2. The van der Waals surface area contributed by atoms with Gasteiger partial charge in [-0.05, 0) is 32.3 Å². The van der Waals surface area contributed by atoms with Crippen molar-refractivity contribution in [3.63, 3.8) is 0 Å². The van der Waals surface area contributed by atoms with Crippen molar-refractivity contribution in [1.82, 2.24) is 9.38 Å². The van der Waals surface area contributed by atoms with Crippen LogP contribution in [0, 0.1) is 0 Å². The molecular weight excluding hydrogens is 416 g/mol. The van der Waals surface area contributed by atoms with Crippen LogP contribution in [-0.2, 0) is 11.3 Å². The minimum atomic E-state index is -0.981. The lowest BCUT2D eigenvalue weighted by molar-refractivity contribution is 0.0690. The van der Waals surface area contributed by atoms with E-state index in [9.17, 15) is 9.90 Å². The van der Waals surface area contributed by atoms with E-state index in [4.69, 9.17) is 14.5 Å². The Kier molecular flexibility index (Phi) is 10.9. The molecule has 0 saturated heterocycles. The van der Waals surface area contributed by atoms with Gasteiger partial charge in [-0.1, -0.05) is 63.4 Å². The van der Waals surface area contributed by atoms with Gasteiger partial charge in [0.15, 0.2) is 0 Å². The number of rotatable bonds is 6. The number of imidazole rings is 1. The number of pyridine rings is 1. The Morgan fingerprint density at radius 2 is 1.79 bits per heavy atom. The van der Waals surface area contributed by atoms with Crippen molar-refractivity contribution in [2.45, 2.75) is 78.4 Å². The van der Waals surface area contributed by atoms with Crippen LogP contribution >= 0.6 is 0 Å². The summed E-state index contributed by atoms with van der Waals surface area (Å²) >= 11 is 0. The second kappa shape index (κ2) is 13.6. The molecule has 0 unspecified atom stereocenters. The Hall–Kier alpha value is -2.86. The monoisotopic (exact) mass is 454 g/mol. The topological polar surface area (TPSA) is 73.1 Å². The van der Waals surface area contributed by atoms with Gasteiger partial charge in [0.05, 0.1) is 18.4 Å². The van der Waals surface area contributed by atoms with Crippen LogP contribution in [-0.4, -0.2) is 33.7 Å². The number of methoxy groups -OCH3 is 1. The maximum atomic E-state index is 11.4. The number of carboxylic acids is 1. The van der Waals surface area contributed by atoms with Gasteiger partial charge in [0.2, 0.25) is 0 Å². The van der Waals surface area contributed by atoms with Gasteiger partial charge in [-0.3, -0.25) is 0 Å². The first kappa shape index (κ1) is 26.4. The van der Waals surface area contributed by atoms with E-state index < -0.39 is 5.97 Å². The predicted molar refractivity (Wildman–Crippen MR) is 132 cm³/mol. The van der Waals surface area contributed by atoms with Crippen molar-refractivity contribution in [3.05, 3.63) is 65.6 Å². The number of fused-ring (bicyclic) bond motifs is 1. The fraction of sp³-hybridized carbons (Fsp3) is 0.481. The van der Waals surface area contributed by atoms with Gasteiger partial charge in [-0.25, -0.2) is 9.78 Å². The third-order valence-electron chi connectivity index (χ3n) is 5.34. The van der Waals surface area contributed by atoms with E-state index >= 15 is 0 Å². The average molecular weight is 455 g/mol. The molecule has 3 aromatic rings. The fourth-order valence-corrected chi connectivity index (χ4v) is 3.88. The zero-order chi connectivity index (χ0) is 24.2. The van der Waals surface area contributed by atoms with Crippen LogP contribution in [0.2, 0.25) is 0 Å². The third kappa shape index (κ3) is 7.90. The smallest absolute Gasteiger partial charge is 0.341 e. The molecule has 1 aromatic carbocycles. The van der Waals surface area contributed by atoms with Crippen LogP contribution in [0.5, 0.6) is 5.75 Å². The van der Waals surface area contributed by atoms with Crippen LogP contribution in [0.4, 0.5) is 0 Å². The van der Waals surface area contributed by atoms with E-state index in [1.54, 1.807) is 23.8 Å². The molecular formula is C27H38N2O4. The molecule has 0 atom stereocenters. The summed E-state index contributed by atoms with van der Waals surface area (Å²) in [6, 6.07) is 11.8. The first-order valence-electron chi connectivity index (χ1n) is 11.9. The summed E-state index contributed by atoms with van der Waals surface area (Å²) in [5.41, 5.74) is 3.22. The van der Waals surface area contributed by atoms with E-state index in [1.807, 2.05) is 64.2 Å². The summed E-state index contributed by atoms with van der Waals surface area (Å²) in [4.78, 5) is 16.1. The molecule has 0 spiro atoms. The summed E-state index contributed by atoms with van der Waals surface area (Å²) in [5, 5.41) is 9.38. The van der Waals surface area contributed by atoms with Crippen LogP contribution in [0.1, 0.15) is 87.3 Å². The van der Waals surface area contributed by atoms with Crippen molar-refractivity contribution in [1.29, 1.82) is 0 Å². The van der Waals surface area contributed by atoms with E-state index in [2.05, 4.69) is 0 Å². The van der Waals surface area contributed by atoms with E-state index in [0.717, 1.165) is 11.3 Å². The number of carbonyl (C=O) groups is 1. The Bertz CT molecular complexity index is 976. The Morgan fingerprint density at radius 3 is 2.36 bits per heavy atom. The zero-order valence-electron chi connectivity index (χ0n) is 20.6. The Morgan fingerprint density at radius 1 is 1.12 bits per heavy atom. The molecule has 6 heteroatoms. The number of aromatic carboxylic acids is 1. The quantitative estimate of drug-likeness (QED) is 0.447. The molecule has 180 valence electrons. The lowest BCUT2D eigenvalue weighted by Gasteiger charge is -2.19. The number of hydrogen-bond acceptors (Lipinski definition) is 4. The molecule has 0 aliphatic heterocycles. The summed E-state index contributed by atoms with van der Waals surface area (Å²) in [6.07, 6.45) is 9.65. The minimum Gasteiger partial charge on any atom is -0.490 e. The second-order valence-corrected chi connectivity index (χ2v) is 8.21. The van der Waals surface area contributed by atoms with Crippen molar-refractivity contribution in [2.24, 2.45) is 0 Å². The van der Waals surface area contributed by atoms with Crippen molar-refractivity contribution in [3.8, 4) is 5.75 Å². The molecule has 0 bridgehead atoms. The zero-order valence-corrected chi connectivity index (χ0v) is 20.6. The number of hydrogen-bond donors (Lipinski definition) is 1. The molecule has 6 nitrogen and oxygen atoms in total. The van der Waals surface area contributed by atoms with E-state index in [-0.39, 0.29) is 11.7 Å². The van der Waals surface area contributed by atoms with Gasteiger partial charge in [0.25, 0.3) is 0 Å². The normalized spacial score (nSPS) is 13.6. The van der Waals surface area contributed by atoms with Gasteiger partial charge in [-0.2, -0.15) is 0 Å². The van der Waals surface area contributed by atoms with Gasteiger partial charge < -0.3 is 19.0 Å². The van der Waals surface area contributed by atoms with Crippen LogP contribution < -0.4 is 4.74 Å². The third-order valence-corrected chi connectivity index (χ3v) is 5.34. The van der Waals surface area contributed by atoms with Crippen LogP contribution in [0.25, 0.3) is 5.65 Å². The lowest BCUT2D eigenvalue weighted by atomic mass is 9.87. The summed E-state index contributed by atoms with van der Waals surface area (Å²) < 4.78 is 12.4. The van der Waals surface area contributed by atoms with Crippen LogP contribution in [0.15, 0.2) is 48.8 Å². The largest absolute Gasteiger partial charge is 0.490 e. The first-order chi connectivity index (χ1) is 16.0. The van der Waals surface area contributed by atoms with Crippen molar-refractivity contribution in [2.75, 3.05) is 7.11 Å². The molecule has 0 radical (unpaired) electrons. The van der Waals surface area contributed by atoms with E-state index in [0.29, 0.717) is 18.3 Å². The first-order valence-corrected chi connectivity index (χ1v) is 11.9. The molecule has 2 aromatic heterocycles. The Balaban J connectivity index is 0.000000293. The minimum absolute atomic E-state index is 0.0756. The highest BCUT2D eigenvalue weighted by atomic mass is 16.5. The number of aromatic nitrogens is 2. The SMILES string of the molecule is CC.CC(C)Oc1cc2nc(C3CCCCC3)cn2cc1C(=O)O.COCc1ccccc1. The maximum Gasteiger partial charge on any atom is 0.341 e. The fourth-order valence-electron chi connectivity index (χ4n) is 3.88. The summed E-state index contributed by atoms with van der Waals surface area (Å²) in [7, 11) is 1.70. The highest BCUT2D eigenvalue weighted by Gasteiger charge is 2.20. The molecule has 1 N–H and O–H groups in total. The molecule has 33 heavy (non-hydrogen) atoms. The number of carboxylic acid groups (broad SMARTS) is 1. The van der Waals surface area contributed by atoms with Crippen LogP contribution in [0.3, 0.4) is 0 Å². The molecule has 1 fully saturated rings. The standard InChI is InChI=1S/C17H22N2O3.C8H10O.C2H6/c1-11(2)22-15-8-16-18-14(12-6-4-3-5-7-12)10-19(16)9-13(15)17(20)21;1-9-7-8-5-3-2-4-6-8;1-2/h8-12H,3-7H2,1-2H3,(H,20,21);2-6H,7H2,1H3;1-2H3. The molecule has 1 saturated carbocycles. The summed E-state index contributed by atoms with van der Waals surface area (Å²) in [5.74, 6) is -0.0994. The number of benzene rings is 1. The second-order valence-electron chi connectivity index (χ2n) is 8.21. The molecule has 1 aliphatic rings. The molecule has 2 heterocycles. The molecule has 4 rings (SSSR count). The van der Waals surface area contributed by atoms with Crippen molar-refractivity contribution >= 4 is 11.6 Å². The highest BCUT2D eigenvalue weighted by Crippen LogP contribution is 2.33. The maximum absolute atomic E-state index is 11.4. The van der Waals surface area contributed by atoms with Gasteiger partial charge in [0.1, 0.15) is 17.0 Å². The van der Waals surface area contributed by atoms with Crippen molar-refractivity contribution < 1.29 is 19.4 Å². The lowest BCUT2D eigenvalue weighted by Crippen LogP contribution is -2.10. The van der Waals surface area contributed by atoms with Gasteiger partial charge in [-0.15, -0.1) is 0 Å². The Labute approximate surface area is 197 Å². The summed E-state index contributed by atoms with van der Waals surface area (Å²) in [6.45, 7) is 8.48. The molecule has 0 amide bonds. The number of ether oxygens (including phenoxy) is 2. The predicted octanol–water partition coefficient (Wildman–Crippen LogP) is 6.73. The van der Waals surface area contributed by atoms with Gasteiger partial charge >= 0.3 is 5.97 Å². The molecule has 1 aliphatic carbocycles.